The monoisotopic (exact) mass is 896 g/mol. The van der Waals surface area contributed by atoms with Crippen LogP contribution in [0.3, 0.4) is 0 Å². The number of hydrogen-bond acceptors (Lipinski definition) is 15. The number of aliphatic carboxylic acids is 1. The zero-order valence-electron chi connectivity index (χ0n) is 35.9. The summed E-state index contributed by atoms with van der Waals surface area (Å²) in [6, 6.07) is -1.40. The van der Waals surface area contributed by atoms with Crippen LogP contribution in [0.4, 0.5) is 0 Å². The number of ether oxygens (including phenoxy) is 2. The van der Waals surface area contributed by atoms with E-state index in [0.717, 1.165) is 6.42 Å². The molecule has 13 N–H and O–H groups in total. The van der Waals surface area contributed by atoms with E-state index in [-0.39, 0.29) is 108 Å². The Kier molecular flexibility index (Phi) is 31.0. The predicted molar refractivity (Wildman–Crippen MR) is 222 cm³/mol. The second-order valence-corrected chi connectivity index (χ2v) is 17.1. The van der Waals surface area contributed by atoms with Gasteiger partial charge in [-0.05, 0) is 42.9 Å². The Morgan fingerprint density at radius 3 is 1.93 bits per heavy atom. The Labute approximate surface area is 357 Å². The lowest BCUT2D eigenvalue weighted by Gasteiger charge is -2.34. The number of carbonyl (C=O) groups excluding carboxylic acids is 6. The van der Waals surface area contributed by atoms with Crippen molar-refractivity contribution in [3.8, 4) is 0 Å². The highest BCUT2D eigenvalue weighted by molar-refractivity contribution is 7.90. The normalized spacial score (nSPS) is 12.1. The first-order chi connectivity index (χ1) is 28.5. The number of amides is 6. The lowest BCUT2D eigenvalue weighted by Crippen LogP contribution is -2.42. The van der Waals surface area contributed by atoms with E-state index in [0.29, 0.717) is 31.6 Å². The summed E-state index contributed by atoms with van der Waals surface area (Å²) < 4.78 is 37.6. The number of rotatable bonds is 32. The first-order valence-corrected chi connectivity index (χ1v) is 21.3. The average Bonchev–Trinajstić information content (AvgIpc) is 3.15. The van der Waals surface area contributed by atoms with Crippen LogP contribution in [0.2, 0.25) is 0 Å². The van der Waals surface area contributed by atoms with Crippen LogP contribution in [0, 0.1) is 10.8 Å². The molecule has 0 bridgehead atoms. The Balaban J connectivity index is 0. The van der Waals surface area contributed by atoms with Crippen LogP contribution in [0.5, 0.6) is 0 Å². The van der Waals surface area contributed by atoms with Gasteiger partial charge < -0.3 is 57.5 Å². The molecule has 0 fully saturated rings. The molecule has 0 aliphatic carbocycles. The van der Waals surface area contributed by atoms with Gasteiger partial charge in [0.25, 0.3) is 6.47 Å². The van der Waals surface area contributed by atoms with E-state index in [4.69, 9.17) is 31.1 Å². The third-order valence-corrected chi connectivity index (χ3v) is 9.40. The van der Waals surface area contributed by atoms with Gasteiger partial charge in [-0.2, -0.15) is 5.10 Å². The van der Waals surface area contributed by atoms with Crippen molar-refractivity contribution >= 4 is 63.7 Å². The third-order valence-electron chi connectivity index (χ3n) is 8.04. The van der Waals surface area contributed by atoms with Gasteiger partial charge in [-0.3, -0.25) is 38.3 Å². The van der Waals surface area contributed by atoms with Crippen LogP contribution < -0.4 is 48.4 Å². The quantitative estimate of drug-likeness (QED) is 0.00861. The van der Waals surface area contributed by atoms with E-state index >= 15 is 0 Å². The molecule has 1 atom stereocenters. The van der Waals surface area contributed by atoms with E-state index in [9.17, 15) is 47.1 Å². The minimum absolute atomic E-state index is 0.102. The minimum Gasteiger partial charge on any atom is -0.483 e. The van der Waals surface area contributed by atoms with E-state index in [1.165, 1.54) is 0 Å². The molecule has 6 amide bonds. The molecule has 25 heteroatoms. The average molecular weight is 897 g/mol. The van der Waals surface area contributed by atoms with Crippen molar-refractivity contribution in [3.05, 3.63) is 0 Å². The molecule has 0 rings (SSSR count). The molecule has 0 aliphatic heterocycles. The summed E-state index contributed by atoms with van der Waals surface area (Å²) in [6.07, 6.45) is 1.03. The van der Waals surface area contributed by atoms with Gasteiger partial charge >= 0.3 is 5.97 Å². The van der Waals surface area contributed by atoms with Crippen molar-refractivity contribution in [2.45, 2.75) is 105 Å². The van der Waals surface area contributed by atoms with E-state index in [1.807, 2.05) is 39.3 Å². The SMILES string of the molecule is CCCNC(=O)CNC(=O)COCCOCCNC(=O)CCCNC(=O)CCC(NC(=O)CCCS(=O)(=O)NC(=O)CC(C)(C)CC(C)(C)C/C(=N/N)NN)C(=O)O.O=CO. The van der Waals surface area contributed by atoms with Crippen molar-refractivity contribution < 1.29 is 66.5 Å². The highest BCUT2D eigenvalue weighted by Crippen LogP contribution is 2.38. The number of hydrazone groups is 1. The van der Waals surface area contributed by atoms with E-state index in [2.05, 4.69) is 37.1 Å². The summed E-state index contributed by atoms with van der Waals surface area (Å²) in [4.78, 5) is 92.4. The number of amidine groups is 1. The number of carbonyl (C=O) groups is 8. The van der Waals surface area contributed by atoms with Gasteiger partial charge in [0.15, 0.2) is 0 Å². The van der Waals surface area contributed by atoms with Crippen molar-refractivity contribution in [1.82, 2.24) is 36.7 Å². The largest absolute Gasteiger partial charge is 0.483 e. The molecule has 0 saturated carbocycles. The Bertz CT molecular complexity index is 1530. The molecular formula is C36H68N10O14S. The van der Waals surface area contributed by atoms with Crippen LogP contribution in [0.15, 0.2) is 5.10 Å². The molecule has 0 aromatic rings. The van der Waals surface area contributed by atoms with Crippen LogP contribution in [-0.2, 0) is 57.9 Å². The third kappa shape index (κ3) is 34.3. The fourth-order valence-electron chi connectivity index (χ4n) is 5.78. The van der Waals surface area contributed by atoms with Gasteiger partial charge in [0.2, 0.25) is 45.5 Å². The smallest absolute Gasteiger partial charge is 0.326 e. The molecule has 0 aromatic carbocycles. The highest BCUT2D eigenvalue weighted by Gasteiger charge is 2.33. The second-order valence-electron chi connectivity index (χ2n) is 15.2. The van der Waals surface area contributed by atoms with Crippen LogP contribution in [0.1, 0.15) is 98.8 Å². The lowest BCUT2D eigenvalue weighted by atomic mass is 9.71. The number of hydrogen-bond donors (Lipinski definition) is 11. The van der Waals surface area contributed by atoms with Gasteiger partial charge in [0.1, 0.15) is 18.5 Å². The van der Waals surface area contributed by atoms with Gasteiger partial charge in [-0.1, -0.05) is 34.6 Å². The van der Waals surface area contributed by atoms with Crippen molar-refractivity contribution in [1.29, 1.82) is 0 Å². The number of sulfonamides is 1. The Hall–Kier alpha value is -5.14. The molecule has 24 nitrogen and oxygen atoms in total. The summed E-state index contributed by atoms with van der Waals surface area (Å²) in [5.41, 5.74) is 1.43. The summed E-state index contributed by atoms with van der Waals surface area (Å²) in [5.74, 6) is 6.25. The topological polar surface area (TPSA) is 378 Å². The van der Waals surface area contributed by atoms with E-state index in [1.54, 1.807) is 0 Å². The molecule has 0 radical (unpaired) electrons. The lowest BCUT2D eigenvalue weighted by molar-refractivity contribution is -0.142. The number of nitrogens with zero attached hydrogens (tertiary/aromatic N) is 1. The van der Waals surface area contributed by atoms with Gasteiger partial charge in [-0.25, -0.2) is 19.1 Å². The number of nitrogens with one attached hydrogen (secondary N) is 7. The Morgan fingerprint density at radius 1 is 0.754 bits per heavy atom. The molecule has 0 saturated heterocycles. The van der Waals surface area contributed by atoms with Crippen molar-refractivity contribution in [3.63, 3.8) is 0 Å². The molecule has 61 heavy (non-hydrogen) atoms. The number of hydrazine groups is 1. The highest BCUT2D eigenvalue weighted by atomic mass is 32.2. The molecule has 0 aliphatic rings. The van der Waals surface area contributed by atoms with Gasteiger partial charge in [0, 0.05) is 51.7 Å². The first kappa shape index (κ1) is 58.0. The standard InChI is InChI=1S/C35H66N10O12S.CH2O2/c1-6-13-38-31(50)22-41-32(51)23-57-18-17-56-16-15-40-27(46)9-7-14-39-28(47)12-11-25(33(52)53)42-29(48)10-8-19-58(54,55)45-30(49)21-35(4,5)24-34(2,3)20-26(43-36)44-37;2-1-3/h25H,6-24,36-37H2,1-5H3,(H,38,50)(H,39,47)(H,40,46)(H,41,51)(H,42,48)(H,43,44)(H,45,49)(H,52,53);1H,(H,2,3). The number of carboxylic acid groups (broad SMARTS) is 2. The molecule has 0 spiro atoms. The van der Waals surface area contributed by atoms with Crippen molar-refractivity contribution in [2.24, 2.45) is 27.6 Å². The summed E-state index contributed by atoms with van der Waals surface area (Å²) in [7, 11) is -4.08. The summed E-state index contributed by atoms with van der Waals surface area (Å²) in [5, 5.41) is 32.6. The van der Waals surface area contributed by atoms with Gasteiger partial charge in [0.05, 0.1) is 32.1 Å². The van der Waals surface area contributed by atoms with Gasteiger partial charge in [-0.15, -0.1) is 0 Å². The van der Waals surface area contributed by atoms with E-state index < -0.39 is 56.8 Å². The maximum absolute atomic E-state index is 12.6. The molecule has 352 valence electrons. The fraction of sp³-hybridized carbons (Fsp3) is 0.750. The summed E-state index contributed by atoms with van der Waals surface area (Å²) >= 11 is 0. The minimum atomic E-state index is -4.08. The molecule has 1 unspecified atom stereocenters. The maximum atomic E-state index is 12.6. The predicted octanol–water partition coefficient (Wildman–Crippen LogP) is -2.09. The fourth-order valence-corrected chi connectivity index (χ4v) is 6.83. The van der Waals surface area contributed by atoms with Crippen LogP contribution in [-0.4, -0.2) is 137 Å². The number of nitrogens with two attached hydrogens (primary N) is 2. The Morgan fingerprint density at radius 2 is 1.33 bits per heavy atom. The van der Waals surface area contributed by atoms with Crippen LogP contribution in [0.25, 0.3) is 0 Å². The maximum Gasteiger partial charge on any atom is 0.326 e. The molecule has 0 aromatic heterocycles. The van der Waals surface area contributed by atoms with Crippen LogP contribution >= 0.6 is 0 Å². The summed E-state index contributed by atoms with van der Waals surface area (Å²) in [6.45, 7) is 10.3. The first-order valence-electron chi connectivity index (χ1n) is 19.6. The molecular weight excluding hydrogens is 829 g/mol. The molecule has 0 heterocycles. The zero-order chi connectivity index (χ0) is 46.9. The zero-order valence-corrected chi connectivity index (χ0v) is 36.7. The second kappa shape index (κ2) is 32.6. The van der Waals surface area contributed by atoms with Crippen molar-refractivity contribution in [2.75, 3.05) is 58.4 Å². The number of carboxylic acids is 1.